The van der Waals surface area contributed by atoms with Gasteiger partial charge in [-0.15, -0.1) is 0 Å². The Kier molecular flexibility index (Phi) is 3.21. The Balaban J connectivity index is 5.06. The standard InChI is InChI=1S/C8H16O5/c1-6(11,4-9)8(3,13)7(2,12)5-10/h4,10-13H,5H2,1-3H3. The van der Waals surface area contributed by atoms with Crippen molar-refractivity contribution >= 4 is 6.29 Å². The third kappa shape index (κ3) is 1.88. The maximum Gasteiger partial charge on any atom is 0.154 e. The average Bonchev–Trinajstić information content (AvgIpc) is 2.03. The van der Waals surface area contributed by atoms with Gasteiger partial charge in [-0.05, 0) is 20.8 Å². The van der Waals surface area contributed by atoms with Crippen molar-refractivity contribution < 1.29 is 25.2 Å². The normalized spacial score (nSPS) is 25.5. The number of carbonyl (C=O) groups excluding carboxylic acids is 1. The van der Waals surface area contributed by atoms with Gasteiger partial charge in [0.15, 0.2) is 6.29 Å². The number of aliphatic hydroxyl groups is 4. The Bertz CT molecular complexity index is 195. The van der Waals surface area contributed by atoms with Crippen molar-refractivity contribution in [3.63, 3.8) is 0 Å². The van der Waals surface area contributed by atoms with E-state index in [9.17, 15) is 20.1 Å². The van der Waals surface area contributed by atoms with E-state index in [2.05, 4.69) is 0 Å². The first-order chi connectivity index (χ1) is 5.62. The van der Waals surface area contributed by atoms with E-state index in [0.29, 0.717) is 0 Å². The van der Waals surface area contributed by atoms with Crippen LogP contribution in [0.25, 0.3) is 0 Å². The second kappa shape index (κ2) is 3.34. The summed E-state index contributed by atoms with van der Waals surface area (Å²) in [5.41, 5.74) is -6.17. The SMILES string of the molecule is CC(O)(C=O)C(C)(O)C(C)(O)CO. The molecule has 13 heavy (non-hydrogen) atoms. The number of hydrogen-bond acceptors (Lipinski definition) is 5. The van der Waals surface area contributed by atoms with Crippen LogP contribution in [0.3, 0.4) is 0 Å². The van der Waals surface area contributed by atoms with E-state index in [0.717, 1.165) is 20.8 Å². The van der Waals surface area contributed by atoms with Crippen LogP contribution in [-0.2, 0) is 4.79 Å². The molecule has 3 atom stereocenters. The Morgan fingerprint density at radius 1 is 1.15 bits per heavy atom. The third-order valence-electron chi connectivity index (χ3n) is 2.57. The highest BCUT2D eigenvalue weighted by atomic mass is 16.4. The molecule has 5 nitrogen and oxygen atoms in total. The summed E-state index contributed by atoms with van der Waals surface area (Å²) in [4.78, 5) is 10.4. The van der Waals surface area contributed by atoms with Crippen LogP contribution in [0.2, 0.25) is 0 Å². The Morgan fingerprint density at radius 2 is 1.54 bits per heavy atom. The quantitative estimate of drug-likeness (QED) is 0.403. The maximum atomic E-state index is 10.4. The topological polar surface area (TPSA) is 98.0 Å². The van der Waals surface area contributed by atoms with E-state index in [-0.39, 0.29) is 6.29 Å². The maximum absolute atomic E-state index is 10.4. The van der Waals surface area contributed by atoms with Gasteiger partial charge in [0.05, 0.1) is 6.61 Å². The average molecular weight is 192 g/mol. The molecule has 0 fully saturated rings. The fraction of sp³-hybridized carbons (Fsp3) is 0.875. The van der Waals surface area contributed by atoms with Gasteiger partial charge in [0, 0.05) is 0 Å². The first-order valence-electron chi connectivity index (χ1n) is 3.86. The fourth-order valence-electron chi connectivity index (χ4n) is 0.814. The van der Waals surface area contributed by atoms with Crippen molar-refractivity contribution in [2.75, 3.05) is 6.61 Å². The molecule has 0 aromatic rings. The van der Waals surface area contributed by atoms with Crippen LogP contribution in [-0.4, -0.2) is 50.1 Å². The zero-order valence-corrected chi connectivity index (χ0v) is 7.98. The fourth-order valence-corrected chi connectivity index (χ4v) is 0.814. The molecule has 3 unspecified atom stereocenters. The second-order valence-corrected chi connectivity index (χ2v) is 3.77. The predicted molar refractivity (Wildman–Crippen MR) is 45.0 cm³/mol. The lowest BCUT2D eigenvalue weighted by Gasteiger charge is -2.43. The van der Waals surface area contributed by atoms with Gasteiger partial charge in [-0.1, -0.05) is 0 Å². The molecule has 0 saturated carbocycles. The van der Waals surface area contributed by atoms with Crippen LogP contribution in [0, 0.1) is 0 Å². The van der Waals surface area contributed by atoms with E-state index >= 15 is 0 Å². The summed E-state index contributed by atoms with van der Waals surface area (Å²) in [7, 11) is 0. The van der Waals surface area contributed by atoms with Gasteiger partial charge in [0.2, 0.25) is 0 Å². The Labute approximate surface area is 76.6 Å². The minimum Gasteiger partial charge on any atom is -0.393 e. The largest absolute Gasteiger partial charge is 0.393 e. The summed E-state index contributed by atoms with van der Waals surface area (Å²) in [5.74, 6) is 0. The molecular weight excluding hydrogens is 176 g/mol. The summed E-state index contributed by atoms with van der Waals surface area (Å²) in [5, 5.41) is 37.4. The smallest absolute Gasteiger partial charge is 0.154 e. The van der Waals surface area contributed by atoms with E-state index in [1.54, 1.807) is 0 Å². The van der Waals surface area contributed by atoms with Crippen LogP contribution in [0.4, 0.5) is 0 Å². The van der Waals surface area contributed by atoms with Gasteiger partial charge in [0.1, 0.15) is 16.8 Å². The zero-order valence-electron chi connectivity index (χ0n) is 7.98. The minimum absolute atomic E-state index is 0.122. The Morgan fingerprint density at radius 3 is 1.77 bits per heavy atom. The van der Waals surface area contributed by atoms with Crippen molar-refractivity contribution in [1.29, 1.82) is 0 Å². The summed E-state index contributed by atoms with van der Waals surface area (Å²) in [6, 6.07) is 0. The first-order valence-corrected chi connectivity index (χ1v) is 3.86. The monoisotopic (exact) mass is 192 g/mol. The van der Waals surface area contributed by atoms with Crippen molar-refractivity contribution in [1.82, 2.24) is 0 Å². The first kappa shape index (κ1) is 12.5. The number of aldehydes is 1. The molecule has 0 spiro atoms. The molecule has 0 aliphatic rings. The van der Waals surface area contributed by atoms with Crippen LogP contribution in [0.5, 0.6) is 0 Å². The number of aliphatic hydroxyl groups excluding tert-OH is 1. The zero-order chi connectivity index (χ0) is 10.9. The molecule has 4 N–H and O–H groups in total. The predicted octanol–water partition coefficient (Wildman–Crippen LogP) is -1.57. The third-order valence-corrected chi connectivity index (χ3v) is 2.57. The van der Waals surface area contributed by atoms with E-state index in [1.807, 2.05) is 0 Å². The number of rotatable bonds is 4. The van der Waals surface area contributed by atoms with Crippen LogP contribution in [0.15, 0.2) is 0 Å². The van der Waals surface area contributed by atoms with Crippen LogP contribution >= 0.6 is 0 Å². The molecule has 0 heterocycles. The number of hydrogen-bond donors (Lipinski definition) is 4. The van der Waals surface area contributed by atoms with Crippen molar-refractivity contribution in [3.8, 4) is 0 Å². The highest BCUT2D eigenvalue weighted by molar-refractivity contribution is 5.64. The van der Waals surface area contributed by atoms with Crippen molar-refractivity contribution in [3.05, 3.63) is 0 Å². The molecule has 5 heteroatoms. The van der Waals surface area contributed by atoms with Gasteiger partial charge >= 0.3 is 0 Å². The van der Waals surface area contributed by atoms with Crippen LogP contribution in [0.1, 0.15) is 20.8 Å². The highest BCUT2D eigenvalue weighted by Crippen LogP contribution is 2.31. The second-order valence-electron chi connectivity index (χ2n) is 3.77. The van der Waals surface area contributed by atoms with E-state index < -0.39 is 23.4 Å². The lowest BCUT2D eigenvalue weighted by atomic mass is 9.75. The summed E-state index contributed by atoms with van der Waals surface area (Å²) in [6.45, 7) is 2.51. The summed E-state index contributed by atoms with van der Waals surface area (Å²) in [6.07, 6.45) is 0.122. The molecule has 0 amide bonds. The van der Waals surface area contributed by atoms with Gasteiger partial charge in [-0.2, -0.15) is 0 Å². The molecule has 0 bridgehead atoms. The molecule has 0 rings (SSSR count). The minimum atomic E-state index is -2.11. The molecule has 0 radical (unpaired) electrons. The van der Waals surface area contributed by atoms with Crippen LogP contribution < -0.4 is 0 Å². The summed E-state index contributed by atoms with van der Waals surface area (Å²) < 4.78 is 0. The lowest BCUT2D eigenvalue weighted by molar-refractivity contribution is -0.225. The summed E-state index contributed by atoms with van der Waals surface area (Å²) >= 11 is 0. The van der Waals surface area contributed by atoms with Gasteiger partial charge in [0.25, 0.3) is 0 Å². The Hall–Kier alpha value is -0.490. The van der Waals surface area contributed by atoms with Gasteiger partial charge in [-0.25, -0.2) is 0 Å². The molecule has 0 aliphatic heterocycles. The molecule has 0 aliphatic carbocycles. The molecule has 0 aromatic heterocycles. The highest BCUT2D eigenvalue weighted by Gasteiger charge is 2.54. The van der Waals surface area contributed by atoms with Crippen molar-refractivity contribution in [2.24, 2.45) is 0 Å². The van der Waals surface area contributed by atoms with Crippen molar-refractivity contribution in [2.45, 2.75) is 37.6 Å². The number of carbonyl (C=O) groups is 1. The van der Waals surface area contributed by atoms with E-state index in [1.165, 1.54) is 0 Å². The van der Waals surface area contributed by atoms with Gasteiger partial charge in [-0.3, -0.25) is 0 Å². The molecule has 0 aromatic carbocycles. The van der Waals surface area contributed by atoms with E-state index in [4.69, 9.17) is 5.11 Å². The molecule has 78 valence electrons. The molecular formula is C8H16O5. The molecule has 0 saturated heterocycles. The lowest BCUT2D eigenvalue weighted by Crippen LogP contribution is -2.66. The van der Waals surface area contributed by atoms with Gasteiger partial charge < -0.3 is 25.2 Å².